The molecule has 0 aliphatic heterocycles. The molecule has 0 aromatic carbocycles. The highest BCUT2D eigenvalue weighted by Gasteiger charge is 2.08. The first-order valence-corrected chi connectivity index (χ1v) is 9.62. The van der Waals surface area contributed by atoms with E-state index in [0.29, 0.717) is 6.61 Å². The molecule has 0 spiro atoms. The van der Waals surface area contributed by atoms with E-state index in [0.717, 1.165) is 12.8 Å². The second kappa shape index (κ2) is 18.2. The maximum Gasteiger partial charge on any atom is 0.306 e. The highest BCUT2D eigenvalue weighted by Crippen LogP contribution is 2.11. The summed E-state index contributed by atoms with van der Waals surface area (Å²) in [6, 6.07) is 0. The van der Waals surface area contributed by atoms with Crippen LogP contribution in [-0.2, 0) is 19.1 Å². The van der Waals surface area contributed by atoms with Crippen LogP contribution in [-0.4, -0.2) is 36.9 Å². The number of carbonyl (C=O) groups is 2. The highest BCUT2D eigenvalue weighted by molar-refractivity contribution is 5.77. The summed E-state index contributed by atoms with van der Waals surface area (Å²) in [4.78, 5) is 22.6. The van der Waals surface area contributed by atoms with E-state index in [1.807, 2.05) is 0 Å². The average Bonchev–Trinajstić information content (AvgIpc) is 2.59. The monoisotopic (exact) mass is 344 g/mol. The summed E-state index contributed by atoms with van der Waals surface area (Å²) in [6.07, 6.45) is 13.9. The van der Waals surface area contributed by atoms with E-state index in [-0.39, 0.29) is 32.0 Å². The Labute approximate surface area is 147 Å². The topological polar surface area (TPSA) is 72.8 Å². The van der Waals surface area contributed by atoms with Crippen molar-refractivity contribution in [3.05, 3.63) is 0 Å². The normalized spacial score (nSPS) is 10.6. The van der Waals surface area contributed by atoms with E-state index in [1.54, 1.807) is 0 Å². The molecule has 0 rings (SSSR count). The van der Waals surface area contributed by atoms with Gasteiger partial charge in [-0.1, -0.05) is 71.1 Å². The van der Waals surface area contributed by atoms with Gasteiger partial charge in [-0.2, -0.15) is 0 Å². The molecular formula is C19H36O5. The van der Waals surface area contributed by atoms with Crippen molar-refractivity contribution in [2.45, 2.75) is 90.4 Å². The lowest BCUT2D eigenvalue weighted by Crippen LogP contribution is -2.12. The minimum Gasteiger partial charge on any atom is -0.466 e. The summed E-state index contributed by atoms with van der Waals surface area (Å²) in [5, 5.41) is 8.50. The van der Waals surface area contributed by atoms with E-state index >= 15 is 0 Å². The van der Waals surface area contributed by atoms with Crippen LogP contribution in [0.3, 0.4) is 0 Å². The maximum atomic E-state index is 11.4. The zero-order valence-corrected chi connectivity index (χ0v) is 15.4. The van der Waals surface area contributed by atoms with Gasteiger partial charge in [-0.15, -0.1) is 0 Å². The van der Waals surface area contributed by atoms with Crippen LogP contribution in [0.25, 0.3) is 0 Å². The second-order valence-corrected chi connectivity index (χ2v) is 6.20. The molecule has 24 heavy (non-hydrogen) atoms. The molecule has 0 bridgehead atoms. The van der Waals surface area contributed by atoms with Crippen molar-refractivity contribution >= 4 is 11.9 Å². The van der Waals surface area contributed by atoms with Crippen molar-refractivity contribution in [3.63, 3.8) is 0 Å². The summed E-state index contributed by atoms with van der Waals surface area (Å²) in [5.41, 5.74) is 0. The first-order valence-electron chi connectivity index (χ1n) is 9.62. The molecule has 0 unspecified atom stereocenters. The van der Waals surface area contributed by atoms with Gasteiger partial charge in [-0.05, 0) is 6.42 Å². The number of unbranched alkanes of at least 4 members (excludes halogenated alkanes) is 10. The predicted octanol–water partition coefficient (Wildman–Crippen LogP) is 4.16. The van der Waals surface area contributed by atoms with Gasteiger partial charge in [0.25, 0.3) is 0 Å². The first-order chi connectivity index (χ1) is 11.7. The van der Waals surface area contributed by atoms with E-state index in [4.69, 9.17) is 9.84 Å². The third kappa shape index (κ3) is 17.3. The largest absolute Gasteiger partial charge is 0.466 e. The number of hydrogen-bond acceptors (Lipinski definition) is 5. The minimum absolute atomic E-state index is 0.0110. The number of esters is 2. The molecule has 0 aromatic rings. The van der Waals surface area contributed by atoms with Gasteiger partial charge in [0, 0.05) is 0 Å². The lowest BCUT2D eigenvalue weighted by Gasteiger charge is -2.05. The maximum absolute atomic E-state index is 11.4. The highest BCUT2D eigenvalue weighted by atomic mass is 16.5. The SMILES string of the molecule is CCCCCCCCCCCCCOC(=O)CCC(=O)OCCO. The molecule has 5 nitrogen and oxygen atoms in total. The molecule has 0 saturated heterocycles. The summed E-state index contributed by atoms with van der Waals surface area (Å²) in [7, 11) is 0. The second-order valence-electron chi connectivity index (χ2n) is 6.20. The molecule has 0 amide bonds. The van der Waals surface area contributed by atoms with Gasteiger partial charge in [0.15, 0.2) is 0 Å². The van der Waals surface area contributed by atoms with Crippen LogP contribution in [0.5, 0.6) is 0 Å². The number of aliphatic hydroxyl groups is 1. The molecule has 5 heteroatoms. The molecule has 0 aromatic heterocycles. The smallest absolute Gasteiger partial charge is 0.306 e. The quantitative estimate of drug-likeness (QED) is 0.317. The zero-order chi connectivity index (χ0) is 17.9. The Morgan fingerprint density at radius 3 is 1.54 bits per heavy atom. The Bertz CT molecular complexity index is 304. The number of hydrogen-bond donors (Lipinski definition) is 1. The molecule has 0 radical (unpaired) electrons. The molecule has 0 aliphatic carbocycles. The lowest BCUT2D eigenvalue weighted by atomic mass is 10.1. The third-order valence-corrected chi connectivity index (χ3v) is 3.90. The standard InChI is InChI=1S/C19H36O5/c1-2-3-4-5-6-7-8-9-10-11-12-16-23-18(21)13-14-19(22)24-17-15-20/h20H,2-17H2,1H3. The molecule has 0 heterocycles. The van der Waals surface area contributed by atoms with Gasteiger partial charge in [0.1, 0.15) is 6.61 Å². The molecule has 0 fully saturated rings. The van der Waals surface area contributed by atoms with Crippen LogP contribution in [0.4, 0.5) is 0 Å². The van der Waals surface area contributed by atoms with E-state index in [1.165, 1.54) is 57.8 Å². The summed E-state index contributed by atoms with van der Waals surface area (Å²) >= 11 is 0. The Hall–Kier alpha value is -1.10. The van der Waals surface area contributed by atoms with Gasteiger partial charge < -0.3 is 14.6 Å². The molecule has 142 valence electrons. The van der Waals surface area contributed by atoms with Crippen LogP contribution in [0.15, 0.2) is 0 Å². The van der Waals surface area contributed by atoms with Gasteiger partial charge in [0.2, 0.25) is 0 Å². The number of aliphatic hydroxyl groups excluding tert-OH is 1. The average molecular weight is 344 g/mol. The predicted molar refractivity (Wildman–Crippen MR) is 94.7 cm³/mol. The van der Waals surface area contributed by atoms with Gasteiger partial charge in [-0.3, -0.25) is 9.59 Å². The Kier molecular flexibility index (Phi) is 17.4. The minimum atomic E-state index is -0.476. The lowest BCUT2D eigenvalue weighted by molar-refractivity contribution is -0.150. The molecule has 1 N–H and O–H groups in total. The van der Waals surface area contributed by atoms with Gasteiger partial charge in [-0.25, -0.2) is 0 Å². The van der Waals surface area contributed by atoms with E-state index < -0.39 is 5.97 Å². The number of rotatable bonds is 17. The fourth-order valence-corrected chi connectivity index (χ4v) is 2.46. The molecule has 0 aliphatic rings. The zero-order valence-electron chi connectivity index (χ0n) is 15.4. The van der Waals surface area contributed by atoms with Gasteiger partial charge in [0.05, 0.1) is 26.1 Å². The van der Waals surface area contributed by atoms with Crippen molar-refractivity contribution in [1.82, 2.24) is 0 Å². The Balaban J connectivity index is 3.23. The van der Waals surface area contributed by atoms with Crippen LogP contribution in [0.1, 0.15) is 90.4 Å². The fourth-order valence-electron chi connectivity index (χ4n) is 2.46. The van der Waals surface area contributed by atoms with Crippen LogP contribution < -0.4 is 0 Å². The van der Waals surface area contributed by atoms with E-state index in [2.05, 4.69) is 11.7 Å². The summed E-state index contributed by atoms with van der Waals surface area (Å²) in [6.45, 7) is 2.45. The van der Waals surface area contributed by atoms with Gasteiger partial charge >= 0.3 is 11.9 Å². The fraction of sp³-hybridized carbons (Fsp3) is 0.895. The van der Waals surface area contributed by atoms with Crippen molar-refractivity contribution < 1.29 is 24.2 Å². The Morgan fingerprint density at radius 2 is 1.08 bits per heavy atom. The first kappa shape index (κ1) is 22.9. The van der Waals surface area contributed by atoms with Crippen molar-refractivity contribution in [3.8, 4) is 0 Å². The summed E-state index contributed by atoms with van der Waals surface area (Å²) in [5.74, 6) is -0.835. The molecule has 0 atom stereocenters. The molecule has 0 saturated carbocycles. The molecular weight excluding hydrogens is 308 g/mol. The van der Waals surface area contributed by atoms with Crippen molar-refractivity contribution in [2.75, 3.05) is 19.8 Å². The number of ether oxygens (including phenoxy) is 2. The van der Waals surface area contributed by atoms with Crippen molar-refractivity contribution in [2.24, 2.45) is 0 Å². The Morgan fingerprint density at radius 1 is 0.667 bits per heavy atom. The number of carbonyl (C=O) groups excluding carboxylic acids is 2. The van der Waals surface area contributed by atoms with E-state index in [9.17, 15) is 9.59 Å². The summed E-state index contributed by atoms with van der Waals surface area (Å²) < 4.78 is 9.75. The van der Waals surface area contributed by atoms with Crippen LogP contribution in [0.2, 0.25) is 0 Å². The van der Waals surface area contributed by atoms with Crippen LogP contribution in [0, 0.1) is 0 Å². The van der Waals surface area contributed by atoms with Crippen molar-refractivity contribution in [1.29, 1.82) is 0 Å². The van der Waals surface area contributed by atoms with Crippen LogP contribution >= 0.6 is 0 Å². The third-order valence-electron chi connectivity index (χ3n) is 3.90.